The Balaban J connectivity index is 1.67. The summed E-state index contributed by atoms with van der Waals surface area (Å²) in [5.41, 5.74) is -0.957. The number of halogens is 3. The molecule has 3 N–H and O–H groups in total. The fourth-order valence-electron chi connectivity index (χ4n) is 4.03. The number of carbonyl (C=O) groups excluding carboxylic acids is 1. The van der Waals surface area contributed by atoms with Crippen molar-refractivity contribution in [2.24, 2.45) is 0 Å². The Kier molecular flexibility index (Phi) is 5.79. The fraction of sp³-hybridized carbons (Fsp3) is 0.273. The lowest BCUT2D eigenvalue weighted by atomic mass is 9.93. The number of carbonyl (C=O) groups is 1. The Morgan fingerprint density at radius 1 is 1.09 bits per heavy atom. The van der Waals surface area contributed by atoms with Crippen molar-refractivity contribution in [2.45, 2.75) is 24.6 Å². The first-order valence-corrected chi connectivity index (χ1v) is 11.9. The molecule has 1 aromatic heterocycles. The zero-order valence-corrected chi connectivity index (χ0v) is 18.2. The molecule has 174 valence electrons. The van der Waals surface area contributed by atoms with Crippen molar-refractivity contribution in [1.29, 1.82) is 0 Å². The number of amides is 1. The highest BCUT2D eigenvalue weighted by atomic mass is 32.2. The molecule has 0 aliphatic carbocycles. The van der Waals surface area contributed by atoms with Crippen molar-refractivity contribution in [1.82, 2.24) is 15.0 Å². The van der Waals surface area contributed by atoms with E-state index in [2.05, 4.69) is 15.0 Å². The van der Waals surface area contributed by atoms with E-state index in [1.807, 2.05) is 0 Å². The van der Waals surface area contributed by atoms with Crippen LogP contribution in [0.5, 0.6) is 0 Å². The summed E-state index contributed by atoms with van der Waals surface area (Å²) in [6.45, 7) is 0.0528. The zero-order valence-electron chi connectivity index (χ0n) is 17.4. The second-order valence-electron chi connectivity index (χ2n) is 8.02. The van der Waals surface area contributed by atoms with Crippen LogP contribution in [0.3, 0.4) is 0 Å². The monoisotopic (exact) mass is 479 g/mol. The van der Waals surface area contributed by atoms with Gasteiger partial charge < -0.3 is 10.3 Å². The molecule has 1 saturated heterocycles. The quantitative estimate of drug-likeness (QED) is 0.523. The van der Waals surface area contributed by atoms with Gasteiger partial charge in [0.15, 0.2) is 0 Å². The van der Waals surface area contributed by atoms with E-state index in [-0.39, 0.29) is 29.1 Å². The van der Waals surface area contributed by atoms with Gasteiger partial charge in [0, 0.05) is 29.2 Å². The first-order valence-electron chi connectivity index (χ1n) is 10.0. The molecule has 0 spiro atoms. The summed E-state index contributed by atoms with van der Waals surface area (Å²) >= 11 is 0. The third kappa shape index (κ3) is 4.93. The number of aromatic nitrogens is 1. The minimum absolute atomic E-state index is 0.0405. The number of H-pyrrole nitrogens is 1. The molecular weight excluding hydrogens is 459 g/mol. The molecule has 0 bridgehead atoms. The molecule has 1 fully saturated rings. The Hall–Kier alpha value is -3.18. The molecule has 2 heterocycles. The van der Waals surface area contributed by atoms with Gasteiger partial charge in [-0.15, -0.1) is 0 Å². The van der Waals surface area contributed by atoms with Crippen molar-refractivity contribution in [2.75, 3.05) is 12.8 Å². The van der Waals surface area contributed by atoms with Gasteiger partial charge >= 0.3 is 6.18 Å². The van der Waals surface area contributed by atoms with Gasteiger partial charge in [-0.1, -0.05) is 30.3 Å². The van der Waals surface area contributed by atoms with Crippen molar-refractivity contribution in [3.63, 3.8) is 0 Å². The van der Waals surface area contributed by atoms with Crippen LogP contribution in [0.2, 0.25) is 0 Å². The van der Waals surface area contributed by atoms with Crippen molar-refractivity contribution in [3.05, 3.63) is 70.0 Å². The predicted octanol–water partition coefficient (Wildman–Crippen LogP) is 2.74. The van der Waals surface area contributed by atoms with Crippen LogP contribution in [-0.2, 0) is 21.0 Å². The lowest BCUT2D eigenvalue weighted by molar-refractivity contribution is -0.137. The molecule has 2 atom stereocenters. The largest absolute Gasteiger partial charge is 0.417 e. The lowest BCUT2D eigenvalue weighted by Crippen LogP contribution is -2.37. The predicted molar refractivity (Wildman–Crippen MR) is 117 cm³/mol. The van der Waals surface area contributed by atoms with Crippen molar-refractivity contribution < 1.29 is 26.4 Å². The maximum atomic E-state index is 13.4. The lowest BCUT2D eigenvalue weighted by Gasteiger charge is -2.14. The Morgan fingerprint density at radius 3 is 2.52 bits per heavy atom. The summed E-state index contributed by atoms with van der Waals surface area (Å²) in [4.78, 5) is 27.7. The maximum absolute atomic E-state index is 13.4. The summed E-state index contributed by atoms with van der Waals surface area (Å²) in [6, 6.07) is 10.9. The molecule has 1 unspecified atom stereocenters. The van der Waals surface area contributed by atoms with Crippen LogP contribution >= 0.6 is 0 Å². The van der Waals surface area contributed by atoms with E-state index in [4.69, 9.17) is 0 Å². The molecule has 0 saturated carbocycles. The van der Waals surface area contributed by atoms with Crippen LogP contribution in [-0.4, -0.2) is 38.2 Å². The minimum atomic E-state index is -4.58. The molecule has 7 nitrogen and oxygen atoms in total. The normalized spacial score (nSPS) is 19.1. The van der Waals surface area contributed by atoms with E-state index < -0.39 is 39.3 Å². The summed E-state index contributed by atoms with van der Waals surface area (Å²) in [7, 11) is -3.40. The molecular formula is C22H20F3N3O4S. The number of rotatable bonds is 5. The van der Waals surface area contributed by atoms with Crippen molar-refractivity contribution >= 4 is 26.7 Å². The summed E-state index contributed by atoms with van der Waals surface area (Å²) < 4.78 is 65.1. The van der Waals surface area contributed by atoms with Crippen LogP contribution in [0.15, 0.2) is 53.3 Å². The molecule has 4 rings (SSSR count). The SMILES string of the molecule is CS(=O)(=O)NCC1C[C@H](c2ccc3cc(-c4ccccc4C(F)(F)F)[nH]c(=O)c3c2)C(=O)N1. The number of hydrogen-bond acceptors (Lipinski definition) is 4. The highest BCUT2D eigenvalue weighted by molar-refractivity contribution is 7.88. The van der Waals surface area contributed by atoms with Gasteiger partial charge in [0.05, 0.1) is 17.7 Å². The number of benzene rings is 2. The van der Waals surface area contributed by atoms with E-state index in [1.165, 1.54) is 24.3 Å². The highest BCUT2D eigenvalue weighted by Crippen LogP contribution is 2.37. The minimum Gasteiger partial charge on any atom is -0.351 e. The summed E-state index contributed by atoms with van der Waals surface area (Å²) in [6.07, 6.45) is -3.22. The van der Waals surface area contributed by atoms with Gasteiger partial charge in [-0.05, 0) is 35.6 Å². The standard InChI is InChI=1S/C22H20F3N3O4S/c1-33(31,32)26-11-14-10-17(20(29)27-14)12-6-7-13-9-19(28-21(30)16(13)8-12)15-4-2-3-5-18(15)22(23,24)25/h2-9,14,17,26H,10-11H2,1H3,(H,27,29)(H,28,30)/t14?,17-/m1/s1. The van der Waals surface area contributed by atoms with E-state index in [0.29, 0.717) is 17.4 Å². The van der Waals surface area contributed by atoms with E-state index >= 15 is 0 Å². The third-order valence-corrected chi connectivity index (χ3v) is 6.26. The first-order chi connectivity index (χ1) is 15.4. The van der Waals surface area contributed by atoms with E-state index in [9.17, 15) is 31.2 Å². The van der Waals surface area contributed by atoms with Gasteiger partial charge in [-0.3, -0.25) is 9.59 Å². The van der Waals surface area contributed by atoms with Gasteiger partial charge in [0.25, 0.3) is 5.56 Å². The molecule has 1 amide bonds. The summed E-state index contributed by atoms with van der Waals surface area (Å²) in [5.74, 6) is -0.868. The average Bonchev–Trinajstić information content (AvgIpc) is 3.11. The second kappa shape index (κ2) is 8.31. The fourth-order valence-corrected chi connectivity index (χ4v) is 4.53. The number of sulfonamides is 1. The molecule has 1 aliphatic rings. The van der Waals surface area contributed by atoms with Crippen LogP contribution < -0.4 is 15.6 Å². The van der Waals surface area contributed by atoms with Crippen molar-refractivity contribution in [3.8, 4) is 11.3 Å². The highest BCUT2D eigenvalue weighted by Gasteiger charge is 2.35. The number of alkyl halides is 3. The average molecular weight is 479 g/mol. The number of aromatic amines is 1. The number of pyridine rings is 1. The first kappa shape index (κ1) is 23.0. The van der Waals surface area contributed by atoms with Crippen LogP contribution in [0.25, 0.3) is 22.0 Å². The molecule has 1 aliphatic heterocycles. The molecule has 2 aromatic carbocycles. The smallest absolute Gasteiger partial charge is 0.351 e. The van der Waals surface area contributed by atoms with E-state index in [0.717, 1.165) is 12.3 Å². The molecule has 33 heavy (non-hydrogen) atoms. The summed E-state index contributed by atoms with van der Waals surface area (Å²) in [5, 5.41) is 3.41. The maximum Gasteiger partial charge on any atom is 0.417 e. The molecule has 11 heteroatoms. The number of fused-ring (bicyclic) bond motifs is 1. The van der Waals surface area contributed by atoms with E-state index in [1.54, 1.807) is 18.2 Å². The van der Waals surface area contributed by atoms with Gasteiger partial charge in [0.2, 0.25) is 15.9 Å². The Bertz CT molecular complexity index is 1400. The van der Waals surface area contributed by atoms with Gasteiger partial charge in [-0.25, -0.2) is 13.1 Å². The zero-order chi connectivity index (χ0) is 24.0. The number of hydrogen-bond donors (Lipinski definition) is 3. The number of nitrogens with one attached hydrogen (secondary N) is 3. The van der Waals surface area contributed by atoms with Gasteiger partial charge in [0.1, 0.15) is 0 Å². The Labute approximate surface area is 187 Å². The third-order valence-electron chi connectivity index (χ3n) is 5.57. The Morgan fingerprint density at radius 2 is 1.82 bits per heavy atom. The van der Waals surface area contributed by atoms with Crippen LogP contribution in [0.1, 0.15) is 23.5 Å². The van der Waals surface area contributed by atoms with Gasteiger partial charge in [-0.2, -0.15) is 13.2 Å². The molecule has 0 radical (unpaired) electrons. The second-order valence-corrected chi connectivity index (χ2v) is 9.85. The molecule has 3 aromatic rings. The topological polar surface area (TPSA) is 108 Å². The van der Waals surface area contributed by atoms with Crippen LogP contribution in [0.4, 0.5) is 13.2 Å². The van der Waals surface area contributed by atoms with Crippen LogP contribution in [0, 0.1) is 0 Å².